The Balaban J connectivity index is 2.27. The second-order valence-electron chi connectivity index (χ2n) is 6.19. The Morgan fingerprint density at radius 1 is 1.08 bits per heavy atom. The van der Waals surface area contributed by atoms with Gasteiger partial charge in [-0.3, -0.25) is 9.59 Å². The van der Waals surface area contributed by atoms with Crippen molar-refractivity contribution < 1.29 is 19.1 Å². The summed E-state index contributed by atoms with van der Waals surface area (Å²) < 4.78 is 10.3. The molecule has 0 saturated carbocycles. The molecule has 1 atom stereocenters. The standard InChI is InChI=1S/C21H25NO4/c1-5-26-20(23)13-19(16-7-6-8-18(12-16)25-4)22-21(24)17-10-14(2)9-15(3)11-17/h6-12,19H,5,13H2,1-4H3,(H,22,24). The first-order valence-corrected chi connectivity index (χ1v) is 8.61. The van der Waals surface area contributed by atoms with Gasteiger partial charge in [-0.1, -0.05) is 29.3 Å². The van der Waals surface area contributed by atoms with Crippen molar-refractivity contribution in [2.24, 2.45) is 0 Å². The maximum atomic E-state index is 12.7. The predicted octanol–water partition coefficient (Wildman–Crippen LogP) is 3.74. The number of rotatable bonds is 7. The molecule has 2 rings (SSSR count). The van der Waals surface area contributed by atoms with E-state index in [0.29, 0.717) is 17.9 Å². The van der Waals surface area contributed by atoms with Gasteiger partial charge in [0.1, 0.15) is 5.75 Å². The summed E-state index contributed by atoms with van der Waals surface area (Å²) in [4.78, 5) is 24.7. The van der Waals surface area contributed by atoms with Gasteiger partial charge in [0, 0.05) is 5.56 Å². The first-order valence-electron chi connectivity index (χ1n) is 8.61. The van der Waals surface area contributed by atoms with Crippen molar-refractivity contribution in [2.75, 3.05) is 13.7 Å². The van der Waals surface area contributed by atoms with Gasteiger partial charge < -0.3 is 14.8 Å². The largest absolute Gasteiger partial charge is 0.497 e. The van der Waals surface area contributed by atoms with E-state index in [-0.39, 0.29) is 18.3 Å². The smallest absolute Gasteiger partial charge is 0.308 e. The topological polar surface area (TPSA) is 64.6 Å². The summed E-state index contributed by atoms with van der Waals surface area (Å²) in [5, 5.41) is 2.95. The van der Waals surface area contributed by atoms with Gasteiger partial charge in [0.2, 0.25) is 0 Å². The molecule has 138 valence electrons. The van der Waals surface area contributed by atoms with E-state index in [2.05, 4.69) is 5.32 Å². The SMILES string of the molecule is CCOC(=O)CC(NC(=O)c1cc(C)cc(C)c1)c1cccc(OC)c1. The van der Waals surface area contributed by atoms with Crippen molar-refractivity contribution in [1.82, 2.24) is 5.32 Å². The Labute approximate surface area is 154 Å². The number of aryl methyl sites for hydroxylation is 2. The molecule has 5 nitrogen and oxygen atoms in total. The van der Waals surface area contributed by atoms with Gasteiger partial charge in [0.15, 0.2) is 0 Å². The summed E-state index contributed by atoms with van der Waals surface area (Å²) in [6.45, 7) is 5.95. The fourth-order valence-corrected chi connectivity index (χ4v) is 2.84. The van der Waals surface area contributed by atoms with E-state index in [1.807, 2.05) is 56.3 Å². The number of benzene rings is 2. The molecule has 1 N–H and O–H groups in total. The molecule has 0 aliphatic rings. The molecule has 0 radical (unpaired) electrons. The Bertz CT molecular complexity index is 765. The van der Waals surface area contributed by atoms with Crippen LogP contribution in [0.25, 0.3) is 0 Å². The third-order valence-electron chi connectivity index (χ3n) is 3.96. The summed E-state index contributed by atoms with van der Waals surface area (Å²) in [5.41, 5.74) is 3.38. The van der Waals surface area contributed by atoms with E-state index in [1.165, 1.54) is 0 Å². The van der Waals surface area contributed by atoms with Crippen molar-refractivity contribution in [3.8, 4) is 5.75 Å². The Kier molecular flexibility index (Phi) is 6.78. The highest BCUT2D eigenvalue weighted by molar-refractivity contribution is 5.95. The lowest BCUT2D eigenvalue weighted by atomic mass is 10.0. The average Bonchev–Trinajstić information content (AvgIpc) is 2.60. The lowest BCUT2D eigenvalue weighted by molar-refractivity contribution is -0.143. The third kappa shape index (κ3) is 5.34. The molecule has 1 unspecified atom stereocenters. The Morgan fingerprint density at radius 3 is 2.38 bits per heavy atom. The predicted molar refractivity (Wildman–Crippen MR) is 100 cm³/mol. The number of carbonyl (C=O) groups excluding carboxylic acids is 2. The molecule has 0 fully saturated rings. The summed E-state index contributed by atoms with van der Waals surface area (Å²) >= 11 is 0. The van der Waals surface area contributed by atoms with E-state index < -0.39 is 6.04 Å². The van der Waals surface area contributed by atoms with Crippen LogP contribution >= 0.6 is 0 Å². The lowest BCUT2D eigenvalue weighted by Gasteiger charge is -2.19. The average molecular weight is 355 g/mol. The number of hydrogen-bond donors (Lipinski definition) is 1. The second kappa shape index (κ2) is 9.04. The molecule has 0 spiro atoms. The highest BCUT2D eigenvalue weighted by atomic mass is 16.5. The molecular formula is C21H25NO4. The third-order valence-corrected chi connectivity index (χ3v) is 3.96. The monoisotopic (exact) mass is 355 g/mol. The Hall–Kier alpha value is -2.82. The van der Waals surface area contributed by atoms with Crippen LogP contribution in [0.2, 0.25) is 0 Å². The molecule has 0 aromatic heterocycles. The van der Waals surface area contributed by atoms with Crippen LogP contribution in [0.5, 0.6) is 5.75 Å². The highest BCUT2D eigenvalue weighted by Gasteiger charge is 2.21. The van der Waals surface area contributed by atoms with Crippen LogP contribution in [0.1, 0.15) is 46.4 Å². The van der Waals surface area contributed by atoms with Gasteiger partial charge in [-0.25, -0.2) is 0 Å². The molecule has 2 aromatic rings. The number of amides is 1. The van der Waals surface area contributed by atoms with Crippen LogP contribution in [-0.2, 0) is 9.53 Å². The molecular weight excluding hydrogens is 330 g/mol. The fourth-order valence-electron chi connectivity index (χ4n) is 2.84. The maximum Gasteiger partial charge on any atom is 0.308 e. The lowest BCUT2D eigenvalue weighted by Crippen LogP contribution is -2.30. The van der Waals surface area contributed by atoms with Gasteiger partial charge in [0.05, 0.1) is 26.2 Å². The molecule has 5 heteroatoms. The van der Waals surface area contributed by atoms with Crippen molar-refractivity contribution in [1.29, 1.82) is 0 Å². The molecule has 0 aliphatic heterocycles. The molecule has 26 heavy (non-hydrogen) atoms. The van der Waals surface area contributed by atoms with Crippen LogP contribution in [0, 0.1) is 13.8 Å². The number of esters is 1. The van der Waals surface area contributed by atoms with E-state index in [1.54, 1.807) is 14.0 Å². The zero-order valence-corrected chi connectivity index (χ0v) is 15.7. The summed E-state index contributed by atoms with van der Waals surface area (Å²) in [7, 11) is 1.58. The highest BCUT2D eigenvalue weighted by Crippen LogP contribution is 2.23. The van der Waals surface area contributed by atoms with E-state index in [9.17, 15) is 9.59 Å². The number of methoxy groups -OCH3 is 1. The molecule has 0 saturated heterocycles. The van der Waals surface area contributed by atoms with Crippen molar-refractivity contribution >= 4 is 11.9 Å². The Morgan fingerprint density at radius 2 is 1.77 bits per heavy atom. The number of ether oxygens (including phenoxy) is 2. The molecule has 1 amide bonds. The minimum Gasteiger partial charge on any atom is -0.497 e. The minimum atomic E-state index is -0.502. The van der Waals surface area contributed by atoms with Gasteiger partial charge in [-0.2, -0.15) is 0 Å². The van der Waals surface area contributed by atoms with E-state index >= 15 is 0 Å². The van der Waals surface area contributed by atoms with Crippen LogP contribution in [0.4, 0.5) is 0 Å². The molecule has 2 aromatic carbocycles. The first-order chi connectivity index (χ1) is 12.4. The summed E-state index contributed by atoms with van der Waals surface area (Å²) in [6.07, 6.45) is 0.0531. The number of nitrogens with one attached hydrogen (secondary N) is 1. The molecule has 0 heterocycles. The normalized spacial score (nSPS) is 11.5. The quantitative estimate of drug-likeness (QED) is 0.769. The van der Waals surface area contributed by atoms with Crippen LogP contribution in [0.3, 0.4) is 0 Å². The van der Waals surface area contributed by atoms with Gasteiger partial charge in [0.25, 0.3) is 5.91 Å². The minimum absolute atomic E-state index is 0.0531. The van der Waals surface area contributed by atoms with Crippen LogP contribution < -0.4 is 10.1 Å². The van der Waals surface area contributed by atoms with Crippen molar-refractivity contribution in [2.45, 2.75) is 33.2 Å². The number of hydrogen-bond acceptors (Lipinski definition) is 4. The van der Waals surface area contributed by atoms with Crippen molar-refractivity contribution in [3.05, 3.63) is 64.7 Å². The van der Waals surface area contributed by atoms with Crippen LogP contribution in [0.15, 0.2) is 42.5 Å². The summed E-state index contributed by atoms with van der Waals surface area (Å²) in [5.74, 6) is 0.0759. The molecule has 0 aliphatic carbocycles. The van der Waals surface area contributed by atoms with Gasteiger partial charge in [-0.15, -0.1) is 0 Å². The summed E-state index contributed by atoms with van der Waals surface area (Å²) in [6, 6.07) is 12.5. The molecule has 0 bridgehead atoms. The number of carbonyl (C=O) groups is 2. The second-order valence-corrected chi connectivity index (χ2v) is 6.19. The van der Waals surface area contributed by atoms with Crippen LogP contribution in [-0.4, -0.2) is 25.6 Å². The van der Waals surface area contributed by atoms with Gasteiger partial charge >= 0.3 is 5.97 Å². The van der Waals surface area contributed by atoms with Gasteiger partial charge in [-0.05, 0) is 50.6 Å². The maximum absolute atomic E-state index is 12.7. The fraction of sp³-hybridized carbons (Fsp3) is 0.333. The van der Waals surface area contributed by atoms with Crippen molar-refractivity contribution in [3.63, 3.8) is 0 Å². The first kappa shape index (κ1) is 19.5. The van der Waals surface area contributed by atoms with E-state index in [0.717, 1.165) is 16.7 Å². The zero-order valence-electron chi connectivity index (χ0n) is 15.7. The van der Waals surface area contributed by atoms with E-state index in [4.69, 9.17) is 9.47 Å². The zero-order chi connectivity index (χ0) is 19.1.